The number of carbonyl (C=O) groups excluding carboxylic acids is 2. The van der Waals surface area contributed by atoms with E-state index in [9.17, 15) is 14.7 Å². The van der Waals surface area contributed by atoms with E-state index in [0.717, 1.165) is 34.8 Å². The number of rotatable bonds is 9. The van der Waals surface area contributed by atoms with E-state index in [1.165, 1.54) is 4.90 Å². The highest BCUT2D eigenvalue weighted by Gasteiger charge is 2.43. The molecule has 4 atom stereocenters. The van der Waals surface area contributed by atoms with Gasteiger partial charge >= 0.3 is 0 Å². The number of carbonyl (C=O) groups is 2. The molecule has 0 spiro atoms. The first-order valence-corrected chi connectivity index (χ1v) is 14.2. The highest BCUT2D eigenvalue weighted by atomic mass is 32.1. The summed E-state index contributed by atoms with van der Waals surface area (Å²) in [6, 6.07) is 8.63. The number of ether oxygens (including phenoxy) is 1. The molecule has 2 fully saturated rings. The number of aryl methyl sites for hydroxylation is 1. The number of nitrogens with zero attached hydrogens (tertiary/aromatic N) is 3. The van der Waals surface area contributed by atoms with E-state index < -0.39 is 18.1 Å². The number of aliphatic hydroxyl groups is 1. The number of benzene rings is 1. The lowest BCUT2D eigenvalue weighted by atomic mass is 9.91. The van der Waals surface area contributed by atoms with Gasteiger partial charge < -0.3 is 29.9 Å². The topological polar surface area (TPSA) is 130 Å². The van der Waals surface area contributed by atoms with Gasteiger partial charge in [-0.25, -0.2) is 4.98 Å². The molecule has 3 aromatic rings. The zero-order chi connectivity index (χ0) is 27.7. The standard InChI is InChI=1S/C28H35N5O5S/c1-15(2)25(23-10-24(32-38-23)37-21-11-29-12-21)28(36)33-13-20(34)9-22(33)27(35)31-16(3)18-5-7-19(8-6-18)26-17(4)30-14-39-26/h5-8,10,14-16,20-22,25,29,34H,9,11-13H2,1-4H3,(H,31,35)/t16?,20-,22+,25?/m1/s1. The minimum absolute atomic E-state index is 0.0352. The molecule has 2 unspecified atom stereocenters. The van der Waals surface area contributed by atoms with Crippen molar-refractivity contribution in [1.82, 2.24) is 25.7 Å². The van der Waals surface area contributed by atoms with Gasteiger partial charge in [-0.1, -0.05) is 38.1 Å². The van der Waals surface area contributed by atoms with Gasteiger partial charge in [0, 0.05) is 32.1 Å². The molecular formula is C28H35N5O5S. The number of aromatic nitrogens is 2. The Kier molecular flexibility index (Phi) is 8.01. The van der Waals surface area contributed by atoms with Crippen LogP contribution < -0.4 is 15.4 Å². The number of thiazole rings is 1. The molecule has 4 heterocycles. The van der Waals surface area contributed by atoms with Crippen LogP contribution in [0.5, 0.6) is 5.88 Å². The van der Waals surface area contributed by atoms with Crippen molar-refractivity contribution >= 4 is 23.2 Å². The summed E-state index contributed by atoms with van der Waals surface area (Å²) in [5.41, 5.74) is 4.85. The number of likely N-dealkylation sites (tertiary alicyclic amines) is 1. The largest absolute Gasteiger partial charge is 0.469 e. The second-order valence-corrected chi connectivity index (χ2v) is 11.6. The van der Waals surface area contributed by atoms with Gasteiger partial charge in [0.15, 0.2) is 5.76 Å². The Labute approximate surface area is 231 Å². The highest BCUT2D eigenvalue weighted by Crippen LogP contribution is 2.33. The van der Waals surface area contributed by atoms with Crippen molar-refractivity contribution < 1.29 is 24.0 Å². The van der Waals surface area contributed by atoms with Gasteiger partial charge in [0.2, 0.25) is 11.8 Å². The number of β-amino-alcohol motifs (C(OH)–C–C–N with tert-alkyl or cyclic N) is 1. The summed E-state index contributed by atoms with van der Waals surface area (Å²) in [5.74, 6) is -0.610. The van der Waals surface area contributed by atoms with E-state index >= 15 is 0 Å². The third kappa shape index (κ3) is 5.85. The molecule has 0 bridgehead atoms. The zero-order valence-electron chi connectivity index (χ0n) is 22.6. The SMILES string of the molecule is Cc1ncsc1-c1ccc(C(C)NC(=O)[C@@H]2C[C@@H](O)CN2C(=O)C(c2cc(OC3CNC3)no2)C(C)C)cc1. The second kappa shape index (κ2) is 11.4. The van der Waals surface area contributed by atoms with E-state index in [-0.39, 0.29) is 42.8 Å². The molecule has 1 aromatic carbocycles. The lowest BCUT2D eigenvalue weighted by Crippen LogP contribution is -2.50. The van der Waals surface area contributed by atoms with Gasteiger partial charge in [-0.2, -0.15) is 0 Å². The molecule has 2 saturated heterocycles. The Morgan fingerprint density at radius 1 is 1.23 bits per heavy atom. The molecule has 5 rings (SSSR count). The minimum Gasteiger partial charge on any atom is -0.469 e. The van der Waals surface area contributed by atoms with Crippen molar-refractivity contribution in [2.24, 2.45) is 5.92 Å². The fraction of sp³-hybridized carbons (Fsp3) is 0.500. The first-order valence-electron chi connectivity index (χ1n) is 13.3. The fourth-order valence-corrected chi connectivity index (χ4v) is 5.92. The van der Waals surface area contributed by atoms with Crippen molar-refractivity contribution in [3.05, 3.63) is 52.9 Å². The first kappa shape index (κ1) is 27.3. The summed E-state index contributed by atoms with van der Waals surface area (Å²) < 4.78 is 11.3. The van der Waals surface area contributed by atoms with Crippen LogP contribution in [0.1, 0.15) is 56.2 Å². The number of hydrogen-bond donors (Lipinski definition) is 3. The number of hydrogen-bond acceptors (Lipinski definition) is 9. The molecule has 2 aliphatic rings. The number of nitrogens with one attached hydrogen (secondary N) is 2. The fourth-order valence-electron chi connectivity index (χ4n) is 5.11. The van der Waals surface area contributed by atoms with Crippen LogP contribution in [0, 0.1) is 12.8 Å². The Hall–Kier alpha value is -3.28. The quantitative estimate of drug-likeness (QED) is 0.369. The number of aliphatic hydroxyl groups excluding tert-OH is 1. The molecule has 0 radical (unpaired) electrons. The van der Waals surface area contributed by atoms with Gasteiger partial charge in [-0.15, -0.1) is 11.3 Å². The predicted octanol–water partition coefficient (Wildman–Crippen LogP) is 3.04. The van der Waals surface area contributed by atoms with Crippen molar-refractivity contribution in [2.45, 2.75) is 64.3 Å². The summed E-state index contributed by atoms with van der Waals surface area (Å²) in [6.45, 7) is 9.30. The molecule has 10 nitrogen and oxygen atoms in total. The second-order valence-electron chi connectivity index (χ2n) is 10.7. The van der Waals surface area contributed by atoms with Crippen LogP contribution in [0.2, 0.25) is 0 Å². The summed E-state index contributed by atoms with van der Waals surface area (Å²) >= 11 is 1.60. The van der Waals surface area contributed by atoms with Gasteiger partial charge in [0.25, 0.3) is 5.88 Å². The lowest BCUT2D eigenvalue weighted by molar-refractivity contribution is -0.141. The van der Waals surface area contributed by atoms with Crippen molar-refractivity contribution in [3.63, 3.8) is 0 Å². The Balaban J connectivity index is 1.27. The van der Waals surface area contributed by atoms with Crippen LogP contribution in [-0.4, -0.2) is 69.8 Å². The third-order valence-electron chi connectivity index (χ3n) is 7.42. The third-order valence-corrected chi connectivity index (χ3v) is 8.40. The average molecular weight is 554 g/mol. The van der Waals surface area contributed by atoms with Crippen LogP contribution in [0.15, 0.2) is 40.4 Å². The Morgan fingerprint density at radius 2 is 1.97 bits per heavy atom. The van der Waals surface area contributed by atoms with E-state index in [4.69, 9.17) is 9.26 Å². The monoisotopic (exact) mass is 553 g/mol. The highest BCUT2D eigenvalue weighted by molar-refractivity contribution is 7.13. The van der Waals surface area contributed by atoms with Crippen LogP contribution in [0.25, 0.3) is 10.4 Å². The Morgan fingerprint density at radius 3 is 2.59 bits per heavy atom. The maximum absolute atomic E-state index is 13.8. The van der Waals surface area contributed by atoms with Gasteiger partial charge in [-0.05, 0) is 36.0 Å². The average Bonchev–Trinajstić information content (AvgIpc) is 3.61. The lowest BCUT2D eigenvalue weighted by Gasteiger charge is -2.29. The summed E-state index contributed by atoms with van der Waals surface area (Å²) in [6.07, 6.45) is -0.569. The molecule has 2 amide bonds. The molecule has 0 aliphatic carbocycles. The van der Waals surface area contributed by atoms with Crippen molar-refractivity contribution in [1.29, 1.82) is 0 Å². The molecular weight excluding hydrogens is 518 g/mol. The Bertz CT molecular complexity index is 1300. The predicted molar refractivity (Wildman–Crippen MR) is 146 cm³/mol. The molecule has 39 heavy (non-hydrogen) atoms. The van der Waals surface area contributed by atoms with Gasteiger partial charge in [0.05, 0.1) is 28.2 Å². The van der Waals surface area contributed by atoms with E-state index in [1.807, 2.05) is 57.5 Å². The summed E-state index contributed by atoms with van der Waals surface area (Å²) in [4.78, 5) is 34.1. The van der Waals surface area contributed by atoms with E-state index in [2.05, 4.69) is 20.8 Å². The summed E-state index contributed by atoms with van der Waals surface area (Å²) in [7, 11) is 0. The normalized spacial score (nSPS) is 21.0. The zero-order valence-corrected chi connectivity index (χ0v) is 23.4. The number of amides is 2. The molecule has 2 aromatic heterocycles. The van der Waals surface area contributed by atoms with E-state index in [1.54, 1.807) is 17.4 Å². The van der Waals surface area contributed by atoms with Crippen molar-refractivity contribution in [2.75, 3.05) is 19.6 Å². The molecule has 11 heteroatoms. The van der Waals surface area contributed by atoms with Crippen LogP contribution in [-0.2, 0) is 9.59 Å². The first-order chi connectivity index (χ1) is 18.7. The maximum Gasteiger partial charge on any atom is 0.254 e. The smallest absolute Gasteiger partial charge is 0.254 e. The van der Waals surface area contributed by atoms with Gasteiger partial charge in [0.1, 0.15) is 18.1 Å². The van der Waals surface area contributed by atoms with Gasteiger partial charge in [-0.3, -0.25) is 9.59 Å². The molecule has 3 N–H and O–H groups in total. The van der Waals surface area contributed by atoms with Crippen LogP contribution in [0.4, 0.5) is 0 Å². The molecule has 2 aliphatic heterocycles. The van der Waals surface area contributed by atoms with E-state index in [0.29, 0.717) is 11.6 Å². The molecule has 208 valence electrons. The summed E-state index contributed by atoms with van der Waals surface area (Å²) in [5, 5.41) is 20.6. The van der Waals surface area contributed by atoms with Crippen molar-refractivity contribution in [3.8, 4) is 16.3 Å². The van der Waals surface area contributed by atoms with Crippen LogP contribution >= 0.6 is 11.3 Å². The molecule has 0 saturated carbocycles. The maximum atomic E-state index is 13.8. The minimum atomic E-state index is -0.783. The van der Waals surface area contributed by atoms with Crippen LogP contribution in [0.3, 0.4) is 0 Å².